The molecule has 23 heavy (non-hydrogen) atoms. The highest BCUT2D eigenvalue weighted by molar-refractivity contribution is 5.90. The number of rotatable bonds is 3. The largest absolute Gasteiger partial charge is 0.412 e. The molecule has 1 heterocycles. The first-order chi connectivity index (χ1) is 10.2. The van der Waals surface area contributed by atoms with Gasteiger partial charge in [-0.05, 0) is 35.4 Å². The summed E-state index contributed by atoms with van der Waals surface area (Å²) in [6, 6.07) is 18.8. The van der Waals surface area contributed by atoms with Crippen LogP contribution in [0.4, 0.5) is 5.69 Å². The molecule has 0 saturated heterocycles. The summed E-state index contributed by atoms with van der Waals surface area (Å²) >= 11 is 0. The molecule has 0 amide bonds. The van der Waals surface area contributed by atoms with E-state index in [9.17, 15) is 0 Å². The Morgan fingerprint density at radius 2 is 1.57 bits per heavy atom. The summed E-state index contributed by atoms with van der Waals surface area (Å²) in [5, 5.41) is 1.18. The Balaban J connectivity index is 0.00000132. The van der Waals surface area contributed by atoms with Gasteiger partial charge in [-0.25, -0.2) is 0 Å². The molecule has 0 bridgehead atoms. The fraction of sp³-hybridized carbons (Fsp3) is 0.105. The van der Waals surface area contributed by atoms with Crippen LogP contribution in [-0.4, -0.2) is 24.6 Å². The van der Waals surface area contributed by atoms with E-state index < -0.39 is 0 Å². The van der Waals surface area contributed by atoms with Gasteiger partial charge in [0.1, 0.15) is 0 Å². The van der Waals surface area contributed by atoms with Gasteiger partial charge >= 0.3 is 0 Å². The quantitative estimate of drug-likeness (QED) is 0.727. The number of hydrogen-bond acceptors (Lipinski definition) is 2. The number of halogens is 1. The lowest BCUT2D eigenvalue weighted by atomic mass is 10.1. The van der Waals surface area contributed by atoms with Crippen LogP contribution in [-0.2, 0) is 0 Å². The van der Waals surface area contributed by atoms with Crippen molar-refractivity contribution in [3.63, 3.8) is 0 Å². The highest BCUT2D eigenvalue weighted by Crippen LogP contribution is 2.19. The van der Waals surface area contributed by atoms with Crippen molar-refractivity contribution in [2.75, 3.05) is 19.0 Å². The lowest BCUT2D eigenvalue weighted by Gasteiger charge is -2.11. The molecule has 4 heteroatoms. The van der Waals surface area contributed by atoms with Crippen LogP contribution >= 0.6 is 12.4 Å². The number of aromatic nitrogens is 1. The summed E-state index contributed by atoms with van der Waals surface area (Å²) in [6.45, 7) is 0. The van der Waals surface area contributed by atoms with Crippen molar-refractivity contribution >= 4 is 41.1 Å². The molecular formula is C19H21ClN2O. The molecule has 0 saturated carbocycles. The number of fused-ring (bicyclic) bond motifs is 1. The van der Waals surface area contributed by atoms with Crippen LogP contribution in [0.15, 0.2) is 60.8 Å². The molecule has 3 nitrogen and oxygen atoms in total. The van der Waals surface area contributed by atoms with E-state index in [0.29, 0.717) is 0 Å². The van der Waals surface area contributed by atoms with Gasteiger partial charge in [0.15, 0.2) is 0 Å². The molecule has 3 aromatic rings. The van der Waals surface area contributed by atoms with Crippen LogP contribution in [0.25, 0.3) is 23.1 Å². The molecular weight excluding hydrogens is 308 g/mol. The third kappa shape index (κ3) is 4.31. The first-order valence-corrected chi connectivity index (χ1v) is 7.03. The van der Waals surface area contributed by atoms with E-state index in [1.54, 1.807) is 0 Å². The van der Waals surface area contributed by atoms with E-state index in [1.807, 2.05) is 44.6 Å². The lowest BCUT2D eigenvalue weighted by Crippen LogP contribution is -2.07. The third-order valence-electron chi connectivity index (χ3n) is 3.55. The Morgan fingerprint density at radius 1 is 0.870 bits per heavy atom. The zero-order valence-electron chi connectivity index (χ0n) is 13.2. The Bertz CT molecular complexity index is 777. The zero-order valence-corrected chi connectivity index (χ0v) is 14.0. The summed E-state index contributed by atoms with van der Waals surface area (Å²) in [7, 11) is 4.10. The van der Waals surface area contributed by atoms with Crippen LogP contribution in [0.5, 0.6) is 0 Å². The second kappa shape index (κ2) is 8.32. The molecule has 0 aliphatic heterocycles. The Labute approximate surface area is 143 Å². The van der Waals surface area contributed by atoms with E-state index in [4.69, 9.17) is 0 Å². The highest BCUT2D eigenvalue weighted by atomic mass is 35.5. The Morgan fingerprint density at radius 3 is 2.26 bits per heavy atom. The number of pyridine rings is 1. The molecule has 120 valence electrons. The average Bonchev–Trinajstić information content (AvgIpc) is 2.53. The molecule has 0 atom stereocenters. The summed E-state index contributed by atoms with van der Waals surface area (Å²) in [5.74, 6) is 0. The maximum Gasteiger partial charge on any atom is 0.0707 e. The van der Waals surface area contributed by atoms with Crippen LogP contribution in [0.2, 0.25) is 0 Å². The van der Waals surface area contributed by atoms with Crippen molar-refractivity contribution in [1.29, 1.82) is 0 Å². The molecule has 1 aromatic heterocycles. The van der Waals surface area contributed by atoms with Crippen molar-refractivity contribution < 1.29 is 5.48 Å². The standard InChI is InChI=1S/C19H18N2.ClH.H2O/c1-21(2)17-11-8-15(9-12-17)7-10-16-13-14-20-19-6-4-3-5-18(16)19;;/h3-14H,1-2H3;1H;1H2/b10-7+;;. The van der Waals surface area contributed by atoms with Gasteiger partial charge < -0.3 is 10.4 Å². The van der Waals surface area contributed by atoms with Crippen LogP contribution in [0, 0.1) is 0 Å². The lowest BCUT2D eigenvalue weighted by molar-refractivity contribution is 0.824. The van der Waals surface area contributed by atoms with E-state index in [0.717, 1.165) is 5.52 Å². The minimum Gasteiger partial charge on any atom is -0.412 e. The SMILES string of the molecule is CN(C)c1ccc(/C=C/c2ccnc3ccccc23)cc1.Cl.O. The van der Waals surface area contributed by atoms with E-state index in [-0.39, 0.29) is 17.9 Å². The van der Waals surface area contributed by atoms with Gasteiger partial charge in [-0.1, -0.05) is 42.5 Å². The van der Waals surface area contributed by atoms with Crippen LogP contribution < -0.4 is 4.90 Å². The molecule has 3 rings (SSSR count). The zero-order chi connectivity index (χ0) is 14.7. The molecule has 0 radical (unpaired) electrons. The number of anilines is 1. The molecule has 2 N–H and O–H groups in total. The topological polar surface area (TPSA) is 47.6 Å². The summed E-state index contributed by atoms with van der Waals surface area (Å²) in [5.41, 5.74) is 4.63. The minimum absolute atomic E-state index is 0. The number of hydrogen-bond donors (Lipinski definition) is 0. The van der Waals surface area contributed by atoms with Gasteiger partial charge in [0, 0.05) is 31.4 Å². The van der Waals surface area contributed by atoms with Gasteiger partial charge in [-0.3, -0.25) is 4.98 Å². The number of para-hydroxylation sites is 1. The Hall–Kier alpha value is -2.36. The van der Waals surface area contributed by atoms with Crippen molar-refractivity contribution in [3.05, 3.63) is 71.9 Å². The average molecular weight is 329 g/mol. The summed E-state index contributed by atoms with van der Waals surface area (Å²) < 4.78 is 0. The maximum atomic E-state index is 4.39. The Kier molecular flexibility index (Phi) is 6.76. The van der Waals surface area contributed by atoms with Crippen LogP contribution in [0.3, 0.4) is 0 Å². The molecule has 0 fully saturated rings. The first kappa shape index (κ1) is 18.7. The van der Waals surface area contributed by atoms with Gasteiger partial charge in [0.2, 0.25) is 0 Å². The van der Waals surface area contributed by atoms with Gasteiger partial charge in [0.25, 0.3) is 0 Å². The van der Waals surface area contributed by atoms with Gasteiger partial charge in [0.05, 0.1) is 5.52 Å². The van der Waals surface area contributed by atoms with Crippen LogP contribution in [0.1, 0.15) is 11.1 Å². The predicted octanol–water partition coefficient (Wildman–Crippen LogP) is 4.07. The third-order valence-corrected chi connectivity index (χ3v) is 3.55. The molecule has 0 aliphatic carbocycles. The normalized spacial score (nSPS) is 10.2. The fourth-order valence-corrected chi connectivity index (χ4v) is 2.33. The predicted molar refractivity (Wildman–Crippen MR) is 102 cm³/mol. The van der Waals surface area contributed by atoms with Crippen molar-refractivity contribution in [2.45, 2.75) is 0 Å². The van der Waals surface area contributed by atoms with E-state index in [2.05, 4.69) is 52.4 Å². The van der Waals surface area contributed by atoms with E-state index in [1.165, 1.54) is 22.2 Å². The van der Waals surface area contributed by atoms with Crippen molar-refractivity contribution in [2.24, 2.45) is 0 Å². The molecule has 2 aromatic carbocycles. The summed E-state index contributed by atoms with van der Waals surface area (Å²) in [4.78, 5) is 6.49. The second-order valence-electron chi connectivity index (χ2n) is 5.24. The van der Waals surface area contributed by atoms with E-state index >= 15 is 0 Å². The smallest absolute Gasteiger partial charge is 0.0707 e. The van der Waals surface area contributed by atoms with Crippen molar-refractivity contribution in [1.82, 2.24) is 4.98 Å². The summed E-state index contributed by atoms with van der Waals surface area (Å²) in [6.07, 6.45) is 6.15. The minimum atomic E-state index is 0. The molecule has 0 spiro atoms. The number of nitrogens with zero attached hydrogens (tertiary/aromatic N) is 2. The second-order valence-corrected chi connectivity index (χ2v) is 5.24. The van der Waals surface area contributed by atoms with Gasteiger partial charge in [-0.2, -0.15) is 0 Å². The molecule has 0 unspecified atom stereocenters. The van der Waals surface area contributed by atoms with Crippen molar-refractivity contribution in [3.8, 4) is 0 Å². The monoisotopic (exact) mass is 328 g/mol. The first-order valence-electron chi connectivity index (χ1n) is 7.03. The fourth-order valence-electron chi connectivity index (χ4n) is 2.33. The maximum absolute atomic E-state index is 4.39. The number of benzene rings is 2. The van der Waals surface area contributed by atoms with Gasteiger partial charge in [-0.15, -0.1) is 12.4 Å². The molecule has 0 aliphatic rings. The highest BCUT2D eigenvalue weighted by Gasteiger charge is 1.98.